The summed E-state index contributed by atoms with van der Waals surface area (Å²) in [6.45, 7) is 2.10. The van der Waals surface area contributed by atoms with Crippen molar-refractivity contribution in [2.45, 2.75) is 11.8 Å². The van der Waals surface area contributed by atoms with Gasteiger partial charge in [0.15, 0.2) is 0 Å². The highest BCUT2D eigenvalue weighted by Crippen LogP contribution is 2.39. The molecule has 2 rings (SSSR count). The summed E-state index contributed by atoms with van der Waals surface area (Å²) in [5.74, 6) is 0.707. The maximum absolute atomic E-state index is 6.54. The number of allylic oxidation sites excluding steroid dienone is 8. The third kappa shape index (κ3) is 1.51. The van der Waals surface area contributed by atoms with Crippen LogP contribution in [0.25, 0.3) is 0 Å². The molecule has 0 fully saturated rings. The normalized spacial score (nSPS) is 22.3. The van der Waals surface area contributed by atoms with Gasteiger partial charge >= 0.3 is 0 Å². The molecule has 2 aliphatic rings. The number of hydrogen-bond acceptors (Lipinski definition) is 0. The Morgan fingerprint density at radius 1 is 0.846 bits per heavy atom. The van der Waals surface area contributed by atoms with E-state index in [1.165, 1.54) is 0 Å². The molecule has 13 heavy (non-hydrogen) atoms. The predicted octanol–water partition coefficient (Wildman–Crippen LogP) is 3.47. The fourth-order valence-electron chi connectivity index (χ4n) is 1.84. The zero-order chi connectivity index (χ0) is 9.31. The number of hydrogen-bond donors (Lipinski definition) is 0. The summed E-state index contributed by atoms with van der Waals surface area (Å²) in [6, 6.07) is 0. The van der Waals surface area contributed by atoms with Crippen LogP contribution >= 0.6 is 11.6 Å². The van der Waals surface area contributed by atoms with Crippen LogP contribution in [-0.2, 0) is 0 Å². The van der Waals surface area contributed by atoms with E-state index in [4.69, 9.17) is 11.6 Å². The molecule has 68 valence electrons. The van der Waals surface area contributed by atoms with Crippen molar-refractivity contribution in [3.05, 3.63) is 48.6 Å². The fraction of sp³-hybridized carbons (Fsp3) is 0.333. The molecule has 0 nitrogen and oxygen atoms in total. The van der Waals surface area contributed by atoms with Crippen molar-refractivity contribution in [3.8, 4) is 0 Å². The maximum Gasteiger partial charge on any atom is 0.0612 e. The van der Waals surface area contributed by atoms with Crippen molar-refractivity contribution >= 4 is 11.6 Å². The van der Waals surface area contributed by atoms with E-state index in [1.807, 2.05) is 0 Å². The summed E-state index contributed by atoms with van der Waals surface area (Å²) >= 11 is 6.54. The lowest BCUT2D eigenvalue weighted by atomic mass is 9.83. The second-order valence-electron chi connectivity index (χ2n) is 3.74. The molecule has 1 heteroatoms. The van der Waals surface area contributed by atoms with Crippen molar-refractivity contribution in [1.29, 1.82) is 0 Å². The first kappa shape index (κ1) is 8.83. The first-order valence-corrected chi connectivity index (χ1v) is 4.98. The Labute approximate surface area is 84.3 Å². The quantitative estimate of drug-likeness (QED) is 0.588. The zero-order valence-corrected chi connectivity index (χ0v) is 8.41. The van der Waals surface area contributed by atoms with Gasteiger partial charge in [-0.25, -0.2) is 0 Å². The zero-order valence-electron chi connectivity index (χ0n) is 7.65. The summed E-state index contributed by atoms with van der Waals surface area (Å²) in [6.07, 6.45) is 16.9. The Bertz CT molecular complexity index is 251. The maximum atomic E-state index is 6.54. The van der Waals surface area contributed by atoms with Crippen molar-refractivity contribution in [2.24, 2.45) is 11.8 Å². The summed E-state index contributed by atoms with van der Waals surface area (Å²) in [5.41, 5.74) is 0. The molecule has 0 saturated heterocycles. The van der Waals surface area contributed by atoms with E-state index in [2.05, 4.69) is 55.5 Å². The summed E-state index contributed by atoms with van der Waals surface area (Å²) in [5, 5.41) is 0. The predicted molar refractivity (Wildman–Crippen MR) is 57.8 cm³/mol. The van der Waals surface area contributed by atoms with Gasteiger partial charge in [0.25, 0.3) is 0 Å². The third-order valence-corrected chi connectivity index (χ3v) is 3.30. The third-order valence-electron chi connectivity index (χ3n) is 2.80. The average Bonchev–Trinajstić information content (AvgIpc) is 2.78. The second-order valence-corrected chi connectivity index (χ2v) is 4.56. The van der Waals surface area contributed by atoms with Gasteiger partial charge in [-0.15, -0.1) is 11.6 Å². The Morgan fingerprint density at radius 3 is 1.46 bits per heavy atom. The van der Waals surface area contributed by atoms with E-state index in [0.29, 0.717) is 11.8 Å². The fourth-order valence-corrected chi connectivity index (χ4v) is 2.13. The molecule has 0 saturated carbocycles. The minimum Gasteiger partial charge on any atom is -0.118 e. The smallest absolute Gasteiger partial charge is 0.0612 e. The molecule has 0 amide bonds. The van der Waals surface area contributed by atoms with Crippen molar-refractivity contribution in [3.63, 3.8) is 0 Å². The van der Waals surface area contributed by atoms with E-state index in [-0.39, 0.29) is 4.87 Å². The summed E-state index contributed by atoms with van der Waals surface area (Å²) < 4.78 is 0. The van der Waals surface area contributed by atoms with Crippen molar-refractivity contribution in [1.82, 2.24) is 0 Å². The van der Waals surface area contributed by atoms with E-state index < -0.39 is 0 Å². The Kier molecular flexibility index (Phi) is 2.17. The minimum absolute atomic E-state index is 0.215. The second kappa shape index (κ2) is 3.19. The lowest BCUT2D eigenvalue weighted by molar-refractivity contribution is 0.478. The van der Waals surface area contributed by atoms with Crippen LogP contribution in [0.5, 0.6) is 0 Å². The van der Waals surface area contributed by atoms with Crippen LogP contribution in [0, 0.1) is 11.8 Å². The molecule has 0 aliphatic heterocycles. The molecular weight excluding hydrogens is 180 g/mol. The van der Waals surface area contributed by atoms with Gasteiger partial charge < -0.3 is 0 Å². The highest BCUT2D eigenvalue weighted by atomic mass is 35.5. The Morgan fingerprint density at radius 2 is 1.15 bits per heavy atom. The molecule has 0 atom stereocenters. The lowest BCUT2D eigenvalue weighted by Crippen LogP contribution is -2.32. The van der Waals surface area contributed by atoms with Gasteiger partial charge in [0.05, 0.1) is 4.87 Å². The molecule has 0 heterocycles. The van der Waals surface area contributed by atoms with Gasteiger partial charge in [0.2, 0.25) is 0 Å². The van der Waals surface area contributed by atoms with Gasteiger partial charge in [0, 0.05) is 11.8 Å². The molecule has 0 N–H and O–H groups in total. The van der Waals surface area contributed by atoms with Gasteiger partial charge in [-0.3, -0.25) is 0 Å². The van der Waals surface area contributed by atoms with E-state index in [0.717, 1.165) is 0 Å². The van der Waals surface area contributed by atoms with Crippen molar-refractivity contribution < 1.29 is 0 Å². The van der Waals surface area contributed by atoms with Gasteiger partial charge in [0.1, 0.15) is 0 Å². The van der Waals surface area contributed by atoms with Crippen molar-refractivity contribution in [2.75, 3.05) is 0 Å². The van der Waals surface area contributed by atoms with Crippen LogP contribution in [0.3, 0.4) is 0 Å². The highest BCUT2D eigenvalue weighted by molar-refractivity contribution is 6.24. The topological polar surface area (TPSA) is 0 Å². The lowest BCUT2D eigenvalue weighted by Gasteiger charge is -2.31. The number of halogens is 1. The van der Waals surface area contributed by atoms with Crippen LogP contribution in [0.15, 0.2) is 48.6 Å². The first-order valence-electron chi connectivity index (χ1n) is 4.60. The van der Waals surface area contributed by atoms with Gasteiger partial charge in [-0.05, 0) is 6.92 Å². The molecule has 2 aliphatic carbocycles. The van der Waals surface area contributed by atoms with E-state index in [9.17, 15) is 0 Å². The van der Waals surface area contributed by atoms with Gasteiger partial charge in [-0.1, -0.05) is 48.6 Å². The average molecular weight is 193 g/mol. The Hall–Kier alpha value is -0.750. The molecule has 0 aromatic carbocycles. The molecule has 0 radical (unpaired) electrons. The molecule has 0 spiro atoms. The monoisotopic (exact) mass is 192 g/mol. The van der Waals surface area contributed by atoms with Gasteiger partial charge in [-0.2, -0.15) is 0 Å². The molecule has 0 aromatic rings. The number of alkyl halides is 1. The molecule has 0 bridgehead atoms. The first-order chi connectivity index (χ1) is 6.21. The molecular formula is C12H13Cl. The number of rotatable bonds is 2. The molecule has 0 unspecified atom stereocenters. The van der Waals surface area contributed by atoms with Crippen LogP contribution in [0.4, 0.5) is 0 Å². The SMILES string of the molecule is CC(Cl)(C1C=CC=C1)C1C=CC=C1. The Balaban J connectivity index is 2.19. The van der Waals surface area contributed by atoms with Crippen LogP contribution in [0.1, 0.15) is 6.92 Å². The highest BCUT2D eigenvalue weighted by Gasteiger charge is 2.35. The van der Waals surface area contributed by atoms with E-state index >= 15 is 0 Å². The largest absolute Gasteiger partial charge is 0.118 e. The van der Waals surface area contributed by atoms with E-state index in [1.54, 1.807) is 0 Å². The summed E-state index contributed by atoms with van der Waals surface area (Å²) in [4.78, 5) is -0.215. The molecule has 0 aromatic heterocycles. The van der Waals surface area contributed by atoms with Crippen LogP contribution in [-0.4, -0.2) is 4.87 Å². The van der Waals surface area contributed by atoms with Crippen LogP contribution < -0.4 is 0 Å². The van der Waals surface area contributed by atoms with Crippen LogP contribution in [0.2, 0.25) is 0 Å². The summed E-state index contributed by atoms with van der Waals surface area (Å²) in [7, 11) is 0. The minimum atomic E-state index is -0.215. The standard InChI is InChI=1S/C12H13Cl/c1-12(13,10-6-2-3-7-10)11-8-4-5-9-11/h2-11H,1H3.